The van der Waals surface area contributed by atoms with Gasteiger partial charge in [0.2, 0.25) is 17.8 Å². The number of nitrogens with zero attached hydrogens (tertiary/aromatic N) is 6. The lowest BCUT2D eigenvalue weighted by Gasteiger charge is -2.20. The molecule has 0 atom stereocenters. The van der Waals surface area contributed by atoms with Gasteiger partial charge < -0.3 is 19.3 Å². The van der Waals surface area contributed by atoms with Crippen LogP contribution < -0.4 is 24.7 Å². The molecule has 0 radical (unpaired) electrons. The van der Waals surface area contributed by atoms with Crippen molar-refractivity contribution < 1.29 is 14.3 Å². The molecule has 5 rings (SSSR count). The third-order valence-electron chi connectivity index (χ3n) is 6.25. The number of hydrazone groups is 1. The quantitative estimate of drug-likeness (QED) is 0.200. The molecule has 37 heavy (non-hydrogen) atoms. The number of esters is 1. The Kier molecular flexibility index (Phi) is 7.73. The van der Waals surface area contributed by atoms with E-state index in [9.17, 15) is 4.79 Å². The Bertz CT molecular complexity index is 1210. The van der Waals surface area contributed by atoms with E-state index in [1.165, 1.54) is 0 Å². The van der Waals surface area contributed by atoms with Crippen molar-refractivity contribution in [2.24, 2.45) is 5.10 Å². The van der Waals surface area contributed by atoms with Crippen LogP contribution in [0.4, 0.5) is 17.8 Å². The number of carbonyl (C=O) groups excluding carboxylic acids is 1. The van der Waals surface area contributed by atoms with E-state index in [1.54, 1.807) is 48.7 Å². The van der Waals surface area contributed by atoms with Crippen LogP contribution in [0.1, 0.15) is 48.5 Å². The van der Waals surface area contributed by atoms with Crippen molar-refractivity contribution in [1.82, 2.24) is 15.0 Å². The highest BCUT2D eigenvalue weighted by Gasteiger charge is 2.21. The molecule has 0 saturated carbocycles. The minimum Gasteiger partial charge on any atom is -0.490 e. The Morgan fingerprint density at radius 2 is 1.57 bits per heavy atom. The Balaban J connectivity index is 1.31. The number of rotatable bonds is 9. The zero-order valence-corrected chi connectivity index (χ0v) is 21.0. The largest absolute Gasteiger partial charge is 0.490 e. The summed E-state index contributed by atoms with van der Waals surface area (Å²) >= 11 is 0. The van der Waals surface area contributed by atoms with Crippen molar-refractivity contribution in [3.63, 3.8) is 0 Å². The summed E-state index contributed by atoms with van der Waals surface area (Å²) in [4.78, 5) is 30.8. The fourth-order valence-corrected chi connectivity index (χ4v) is 4.38. The van der Waals surface area contributed by atoms with Gasteiger partial charge in [-0.1, -0.05) is 18.2 Å². The molecule has 2 aliphatic rings. The van der Waals surface area contributed by atoms with E-state index in [4.69, 9.17) is 14.5 Å². The van der Waals surface area contributed by atoms with Gasteiger partial charge in [0.1, 0.15) is 0 Å². The highest BCUT2D eigenvalue weighted by atomic mass is 16.6. The molecule has 0 amide bonds. The molecule has 2 aromatic carbocycles. The van der Waals surface area contributed by atoms with E-state index in [0.29, 0.717) is 41.5 Å². The van der Waals surface area contributed by atoms with Crippen LogP contribution in [-0.2, 0) is 0 Å². The maximum absolute atomic E-state index is 12.5. The number of nitrogens with one attached hydrogen (secondary N) is 1. The van der Waals surface area contributed by atoms with Crippen molar-refractivity contribution in [3.8, 4) is 11.5 Å². The minimum atomic E-state index is -0.443. The molecule has 3 heterocycles. The smallest absolute Gasteiger partial charge is 0.343 e. The van der Waals surface area contributed by atoms with Crippen LogP contribution in [0.3, 0.4) is 0 Å². The van der Waals surface area contributed by atoms with Gasteiger partial charge in [0.15, 0.2) is 11.5 Å². The Labute approximate surface area is 216 Å². The normalized spacial score (nSPS) is 15.4. The van der Waals surface area contributed by atoms with Crippen LogP contribution in [0.25, 0.3) is 0 Å². The molecule has 0 spiro atoms. The van der Waals surface area contributed by atoms with Crippen molar-refractivity contribution in [1.29, 1.82) is 0 Å². The van der Waals surface area contributed by atoms with Crippen LogP contribution in [-0.4, -0.2) is 59.9 Å². The van der Waals surface area contributed by atoms with E-state index in [-0.39, 0.29) is 0 Å². The number of anilines is 3. The van der Waals surface area contributed by atoms with Crippen molar-refractivity contribution >= 4 is 30.0 Å². The summed E-state index contributed by atoms with van der Waals surface area (Å²) in [6.45, 7) is 6.11. The van der Waals surface area contributed by atoms with Gasteiger partial charge in [0.25, 0.3) is 0 Å². The number of ether oxygens (including phenoxy) is 2. The summed E-state index contributed by atoms with van der Waals surface area (Å²) in [5, 5.41) is 4.36. The van der Waals surface area contributed by atoms with E-state index in [0.717, 1.165) is 57.4 Å². The van der Waals surface area contributed by atoms with E-state index in [1.807, 2.05) is 13.0 Å². The van der Waals surface area contributed by atoms with Crippen molar-refractivity contribution in [2.45, 2.75) is 32.6 Å². The van der Waals surface area contributed by atoms with E-state index < -0.39 is 5.97 Å². The second kappa shape index (κ2) is 11.7. The predicted octanol–water partition coefficient (Wildman–Crippen LogP) is 4.14. The lowest BCUT2D eigenvalue weighted by molar-refractivity contribution is 0.0728. The molecule has 1 N–H and O–H groups in total. The number of hydrogen-bond donors (Lipinski definition) is 1. The average molecular weight is 502 g/mol. The first-order chi connectivity index (χ1) is 18.2. The van der Waals surface area contributed by atoms with E-state index in [2.05, 4.69) is 30.3 Å². The van der Waals surface area contributed by atoms with Gasteiger partial charge >= 0.3 is 5.97 Å². The van der Waals surface area contributed by atoms with Crippen LogP contribution in [0.2, 0.25) is 0 Å². The highest BCUT2D eigenvalue weighted by molar-refractivity contribution is 5.91. The Morgan fingerprint density at radius 3 is 2.19 bits per heavy atom. The van der Waals surface area contributed by atoms with Crippen LogP contribution in [0.15, 0.2) is 53.6 Å². The summed E-state index contributed by atoms with van der Waals surface area (Å²) in [5.41, 5.74) is 4.21. The van der Waals surface area contributed by atoms with Gasteiger partial charge in [-0.05, 0) is 68.5 Å². The van der Waals surface area contributed by atoms with Gasteiger partial charge in [-0.15, -0.1) is 0 Å². The maximum atomic E-state index is 12.5. The summed E-state index contributed by atoms with van der Waals surface area (Å²) in [7, 11) is 0. The Hall–Kier alpha value is -4.21. The topological polar surface area (TPSA) is 105 Å². The van der Waals surface area contributed by atoms with Crippen LogP contribution >= 0.6 is 0 Å². The molecule has 2 aliphatic heterocycles. The molecule has 0 unspecified atom stereocenters. The standard InChI is InChI=1S/C27H31N7O3/c1-2-36-23-18-20(12-13-22(23)37-24(35)21-10-4-3-5-11-21)19-28-32-25-29-26(33-14-6-7-15-33)31-27(30-25)34-16-8-9-17-34/h3-5,10-13,18-19H,2,6-9,14-17H2,1H3,(H,29,30,31,32)/b28-19-. The van der Waals surface area contributed by atoms with Crippen molar-refractivity contribution in [3.05, 3.63) is 59.7 Å². The number of carbonyl (C=O) groups is 1. The zero-order chi connectivity index (χ0) is 25.5. The first-order valence-corrected chi connectivity index (χ1v) is 12.8. The minimum absolute atomic E-state index is 0.351. The van der Waals surface area contributed by atoms with E-state index >= 15 is 0 Å². The molecular formula is C27H31N7O3. The lowest BCUT2D eigenvalue weighted by Crippen LogP contribution is -2.25. The molecule has 0 aliphatic carbocycles. The average Bonchev–Trinajstić information content (AvgIpc) is 3.66. The molecule has 3 aromatic rings. The fourth-order valence-electron chi connectivity index (χ4n) is 4.38. The summed E-state index contributed by atoms with van der Waals surface area (Å²) in [6, 6.07) is 14.1. The third kappa shape index (κ3) is 6.14. The van der Waals surface area contributed by atoms with Gasteiger partial charge in [-0.2, -0.15) is 20.1 Å². The summed E-state index contributed by atoms with van der Waals surface area (Å²) < 4.78 is 11.3. The molecule has 1 aromatic heterocycles. The second-order valence-corrected chi connectivity index (χ2v) is 8.91. The first kappa shape index (κ1) is 24.5. The van der Waals surface area contributed by atoms with Crippen LogP contribution in [0, 0.1) is 0 Å². The molecule has 192 valence electrons. The maximum Gasteiger partial charge on any atom is 0.343 e. The van der Waals surface area contributed by atoms with Gasteiger partial charge in [0, 0.05) is 26.2 Å². The highest BCUT2D eigenvalue weighted by Crippen LogP contribution is 2.29. The first-order valence-electron chi connectivity index (χ1n) is 12.8. The molecule has 10 nitrogen and oxygen atoms in total. The monoisotopic (exact) mass is 501 g/mol. The SMILES string of the molecule is CCOc1cc(/C=N\Nc2nc(N3CCCC3)nc(N3CCCC3)n2)ccc1OC(=O)c1ccccc1. The van der Waals surface area contributed by atoms with Crippen LogP contribution in [0.5, 0.6) is 11.5 Å². The molecule has 2 fully saturated rings. The zero-order valence-electron chi connectivity index (χ0n) is 21.0. The lowest BCUT2D eigenvalue weighted by atomic mass is 10.2. The molecule has 2 saturated heterocycles. The number of benzene rings is 2. The predicted molar refractivity (Wildman–Crippen MR) is 143 cm³/mol. The molecule has 10 heteroatoms. The van der Waals surface area contributed by atoms with Gasteiger partial charge in [-0.3, -0.25) is 0 Å². The molecular weight excluding hydrogens is 470 g/mol. The van der Waals surface area contributed by atoms with Gasteiger partial charge in [0.05, 0.1) is 18.4 Å². The third-order valence-corrected chi connectivity index (χ3v) is 6.25. The second-order valence-electron chi connectivity index (χ2n) is 8.91. The number of aromatic nitrogens is 3. The molecule has 0 bridgehead atoms. The summed E-state index contributed by atoms with van der Waals surface area (Å²) in [5.74, 6) is 2.16. The number of hydrogen-bond acceptors (Lipinski definition) is 10. The van der Waals surface area contributed by atoms with Crippen molar-refractivity contribution in [2.75, 3.05) is 48.0 Å². The fraction of sp³-hybridized carbons (Fsp3) is 0.370. The summed E-state index contributed by atoms with van der Waals surface area (Å²) in [6.07, 6.45) is 6.23. The Morgan fingerprint density at radius 1 is 0.919 bits per heavy atom. The van der Waals surface area contributed by atoms with Gasteiger partial charge in [-0.25, -0.2) is 10.2 Å².